The van der Waals surface area contributed by atoms with Gasteiger partial charge in [-0.3, -0.25) is 9.62 Å². The highest BCUT2D eigenvalue weighted by atomic mass is 32.2. The summed E-state index contributed by atoms with van der Waals surface area (Å²) in [6.45, 7) is 4.99. The number of aromatic nitrogens is 3. The topological polar surface area (TPSA) is 135 Å². The Labute approximate surface area is 215 Å². The van der Waals surface area contributed by atoms with E-state index in [9.17, 15) is 13.5 Å². The van der Waals surface area contributed by atoms with Gasteiger partial charge >= 0.3 is 0 Å². The van der Waals surface area contributed by atoms with Crippen molar-refractivity contribution in [2.24, 2.45) is 7.05 Å². The normalized spacial score (nSPS) is 15.2. The first-order valence-corrected chi connectivity index (χ1v) is 13.6. The Morgan fingerprint density at radius 1 is 1.19 bits per heavy atom. The van der Waals surface area contributed by atoms with Crippen molar-refractivity contribution < 1.29 is 22.7 Å². The maximum Gasteiger partial charge on any atom is 0.295 e. The molecule has 1 saturated heterocycles. The minimum Gasteiger partial charge on any atom is -0.504 e. The molecule has 2 aromatic heterocycles. The van der Waals surface area contributed by atoms with E-state index in [1.807, 2.05) is 19.1 Å². The number of anilines is 2. The largest absolute Gasteiger partial charge is 0.504 e. The standard InChI is InChI=1S/C25H30N6O5S/c1-3-35-23-12-17(4-6-21(23)32)14-31-10-8-18(9-11-31)27-25-28-20-13-19(5-7-22(20)36-25)29-37(33,34)24-15-30(2)16-26-24/h4-7,12-13,15-16,18,29,32H,3,8-11,14H2,1-2H3,(H,27,28). The summed E-state index contributed by atoms with van der Waals surface area (Å²) < 4.78 is 40.6. The van der Waals surface area contributed by atoms with E-state index >= 15 is 0 Å². The quantitative estimate of drug-likeness (QED) is 0.299. The number of hydrogen-bond donors (Lipinski definition) is 3. The van der Waals surface area contributed by atoms with Crippen LogP contribution >= 0.6 is 0 Å². The number of imidazole rings is 1. The zero-order chi connectivity index (χ0) is 26.0. The van der Waals surface area contributed by atoms with Gasteiger partial charge in [0.25, 0.3) is 16.0 Å². The van der Waals surface area contributed by atoms with E-state index in [1.54, 1.807) is 35.9 Å². The van der Waals surface area contributed by atoms with Crippen LogP contribution in [-0.4, -0.2) is 58.7 Å². The van der Waals surface area contributed by atoms with Gasteiger partial charge in [-0.2, -0.15) is 13.4 Å². The Morgan fingerprint density at radius 2 is 2.00 bits per heavy atom. The maximum absolute atomic E-state index is 12.6. The molecule has 0 spiro atoms. The summed E-state index contributed by atoms with van der Waals surface area (Å²) in [5.74, 6) is 0.671. The summed E-state index contributed by atoms with van der Waals surface area (Å²) in [5, 5.41) is 13.2. The summed E-state index contributed by atoms with van der Waals surface area (Å²) in [6, 6.07) is 11.1. The number of fused-ring (bicyclic) bond motifs is 1. The first kappa shape index (κ1) is 24.9. The number of piperidine rings is 1. The number of hydrogen-bond acceptors (Lipinski definition) is 9. The van der Waals surface area contributed by atoms with Crippen molar-refractivity contribution in [2.75, 3.05) is 29.7 Å². The molecule has 0 radical (unpaired) electrons. The SMILES string of the molecule is CCOc1cc(CN2CCC(Nc3nc4cc(NS(=O)(=O)c5cn(C)cn5)ccc4o3)CC2)ccc1O. The molecule has 4 aromatic rings. The Hall–Kier alpha value is -3.77. The number of phenolic OH excluding ortho intramolecular Hbond substituents is 1. The second-order valence-corrected chi connectivity index (χ2v) is 10.7. The van der Waals surface area contributed by atoms with Crippen LogP contribution in [0.15, 0.2) is 58.4 Å². The molecule has 37 heavy (non-hydrogen) atoms. The molecule has 0 unspecified atom stereocenters. The van der Waals surface area contributed by atoms with Crippen LogP contribution < -0.4 is 14.8 Å². The van der Waals surface area contributed by atoms with Crippen molar-refractivity contribution in [3.8, 4) is 11.5 Å². The van der Waals surface area contributed by atoms with Crippen LogP contribution in [0.4, 0.5) is 11.7 Å². The fourth-order valence-corrected chi connectivity index (χ4v) is 5.42. The number of phenols is 1. The fraction of sp³-hybridized carbons (Fsp3) is 0.360. The maximum atomic E-state index is 12.6. The van der Waals surface area contributed by atoms with Gasteiger partial charge in [-0.1, -0.05) is 6.07 Å². The molecule has 12 heteroatoms. The van der Waals surface area contributed by atoms with Crippen LogP contribution in [0.25, 0.3) is 11.1 Å². The van der Waals surface area contributed by atoms with Crippen LogP contribution in [0, 0.1) is 0 Å². The molecule has 0 saturated carbocycles. The van der Waals surface area contributed by atoms with Gasteiger partial charge in [0.1, 0.15) is 5.52 Å². The predicted molar refractivity (Wildman–Crippen MR) is 139 cm³/mol. The van der Waals surface area contributed by atoms with Gasteiger partial charge in [-0.05, 0) is 55.7 Å². The van der Waals surface area contributed by atoms with Crippen molar-refractivity contribution in [3.63, 3.8) is 0 Å². The Morgan fingerprint density at radius 3 is 2.73 bits per heavy atom. The van der Waals surface area contributed by atoms with Crippen molar-refractivity contribution in [3.05, 3.63) is 54.5 Å². The molecule has 3 N–H and O–H groups in total. The molecular weight excluding hydrogens is 496 g/mol. The number of aryl methyl sites for hydroxylation is 1. The first-order chi connectivity index (χ1) is 17.8. The molecule has 5 rings (SSSR count). The number of aromatic hydroxyl groups is 1. The van der Waals surface area contributed by atoms with Gasteiger partial charge in [0.2, 0.25) is 0 Å². The lowest BCUT2D eigenvalue weighted by molar-refractivity contribution is 0.210. The fourth-order valence-electron chi connectivity index (χ4n) is 4.38. The minimum absolute atomic E-state index is 0.0518. The highest BCUT2D eigenvalue weighted by Crippen LogP contribution is 2.29. The van der Waals surface area contributed by atoms with E-state index in [4.69, 9.17) is 9.15 Å². The molecule has 1 aliphatic heterocycles. The van der Waals surface area contributed by atoms with Gasteiger partial charge in [-0.15, -0.1) is 0 Å². The number of nitrogens with one attached hydrogen (secondary N) is 2. The molecule has 3 heterocycles. The van der Waals surface area contributed by atoms with Gasteiger partial charge in [0.05, 0.1) is 18.6 Å². The number of rotatable bonds is 9. The van der Waals surface area contributed by atoms with Crippen molar-refractivity contribution in [2.45, 2.75) is 37.4 Å². The summed E-state index contributed by atoms with van der Waals surface area (Å²) >= 11 is 0. The Balaban J connectivity index is 1.18. The third-order valence-electron chi connectivity index (χ3n) is 6.24. The van der Waals surface area contributed by atoms with E-state index < -0.39 is 10.0 Å². The monoisotopic (exact) mass is 526 g/mol. The van der Waals surface area contributed by atoms with Crippen molar-refractivity contribution in [1.82, 2.24) is 19.4 Å². The molecule has 0 bridgehead atoms. The number of benzene rings is 2. The van der Waals surface area contributed by atoms with Crippen LogP contribution in [0.2, 0.25) is 0 Å². The zero-order valence-electron chi connectivity index (χ0n) is 20.7. The van der Waals surface area contributed by atoms with Gasteiger partial charge in [0, 0.05) is 38.9 Å². The highest BCUT2D eigenvalue weighted by molar-refractivity contribution is 7.92. The molecule has 0 atom stereocenters. The molecule has 1 fully saturated rings. The lowest BCUT2D eigenvalue weighted by Crippen LogP contribution is -2.38. The summed E-state index contributed by atoms with van der Waals surface area (Å²) in [6.07, 6.45) is 4.71. The number of sulfonamides is 1. The third kappa shape index (κ3) is 5.81. The summed E-state index contributed by atoms with van der Waals surface area (Å²) in [5.41, 5.74) is 2.60. The minimum atomic E-state index is -3.79. The van der Waals surface area contributed by atoms with E-state index in [1.165, 1.54) is 12.5 Å². The third-order valence-corrected chi connectivity index (χ3v) is 7.51. The lowest BCUT2D eigenvalue weighted by atomic mass is 10.0. The average molecular weight is 527 g/mol. The number of ether oxygens (including phenoxy) is 1. The van der Waals surface area contributed by atoms with Gasteiger partial charge in [0.15, 0.2) is 22.1 Å². The second-order valence-electron chi connectivity index (χ2n) is 9.11. The van der Waals surface area contributed by atoms with Crippen LogP contribution in [0.1, 0.15) is 25.3 Å². The predicted octanol–water partition coefficient (Wildman–Crippen LogP) is 3.54. The Kier molecular flexibility index (Phi) is 6.94. The van der Waals surface area contributed by atoms with E-state index in [0.29, 0.717) is 35.2 Å². The number of oxazole rings is 1. The molecule has 0 aliphatic carbocycles. The number of likely N-dealkylation sites (tertiary alicyclic amines) is 1. The Bertz CT molecular complexity index is 1490. The molecule has 11 nitrogen and oxygen atoms in total. The first-order valence-electron chi connectivity index (χ1n) is 12.1. The number of nitrogens with zero attached hydrogens (tertiary/aromatic N) is 4. The van der Waals surface area contributed by atoms with Crippen LogP contribution in [-0.2, 0) is 23.6 Å². The summed E-state index contributed by atoms with van der Waals surface area (Å²) in [7, 11) is -2.08. The lowest BCUT2D eigenvalue weighted by Gasteiger charge is -2.32. The van der Waals surface area contributed by atoms with E-state index in [2.05, 4.69) is 24.9 Å². The van der Waals surface area contributed by atoms with Crippen molar-refractivity contribution >= 4 is 32.8 Å². The average Bonchev–Trinajstić information content (AvgIpc) is 3.48. The molecule has 196 valence electrons. The summed E-state index contributed by atoms with van der Waals surface area (Å²) in [4.78, 5) is 10.8. The smallest absolute Gasteiger partial charge is 0.295 e. The zero-order valence-corrected chi connectivity index (χ0v) is 21.5. The van der Waals surface area contributed by atoms with E-state index in [-0.39, 0.29) is 16.8 Å². The molecule has 0 amide bonds. The van der Waals surface area contributed by atoms with Gasteiger partial charge < -0.3 is 24.1 Å². The van der Waals surface area contributed by atoms with Gasteiger partial charge in [-0.25, -0.2) is 4.98 Å². The van der Waals surface area contributed by atoms with Crippen molar-refractivity contribution in [1.29, 1.82) is 0 Å². The second kappa shape index (κ2) is 10.3. The van der Waals surface area contributed by atoms with Crippen LogP contribution in [0.3, 0.4) is 0 Å². The molecule has 1 aliphatic rings. The van der Waals surface area contributed by atoms with Crippen LogP contribution in [0.5, 0.6) is 11.5 Å². The molecule has 2 aromatic carbocycles. The van der Waals surface area contributed by atoms with E-state index in [0.717, 1.165) is 38.0 Å². The highest BCUT2D eigenvalue weighted by Gasteiger charge is 2.22. The molecular formula is C25H30N6O5S.